The van der Waals surface area contributed by atoms with E-state index in [0.29, 0.717) is 12.2 Å². The Morgan fingerprint density at radius 3 is 2.74 bits per heavy atom. The summed E-state index contributed by atoms with van der Waals surface area (Å²) in [4.78, 5) is 15.8. The molecule has 0 saturated carbocycles. The fourth-order valence-electron chi connectivity index (χ4n) is 3.41. The molecule has 9 heteroatoms. The first-order chi connectivity index (χ1) is 14.8. The fourth-order valence-corrected chi connectivity index (χ4v) is 3.41. The molecular weight excluding hydrogens is 411 g/mol. The van der Waals surface area contributed by atoms with Crippen molar-refractivity contribution >= 4 is 16.9 Å². The average Bonchev–Trinajstić information content (AvgIpc) is 3.37. The largest absolute Gasteiger partial charge is 0.469 e. The van der Waals surface area contributed by atoms with E-state index < -0.39 is 11.7 Å². The van der Waals surface area contributed by atoms with Gasteiger partial charge in [-0.05, 0) is 36.2 Å². The summed E-state index contributed by atoms with van der Waals surface area (Å²) in [6.45, 7) is 0.265. The van der Waals surface area contributed by atoms with Crippen molar-refractivity contribution in [2.24, 2.45) is 0 Å². The van der Waals surface area contributed by atoms with Crippen LogP contribution in [0.4, 0.5) is 13.2 Å². The number of methoxy groups -OCH3 is 1. The third-order valence-electron chi connectivity index (χ3n) is 4.91. The Balaban J connectivity index is 1.60. The number of fused-ring (bicyclic) bond motifs is 1. The van der Waals surface area contributed by atoms with Gasteiger partial charge < -0.3 is 13.8 Å². The second kappa shape index (κ2) is 8.25. The van der Waals surface area contributed by atoms with E-state index in [0.717, 1.165) is 28.6 Å². The molecule has 0 N–H and O–H groups in total. The van der Waals surface area contributed by atoms with E-state index in [1.165, 1.54) is 19.2 Å². The van der Waals surface area contributed by atoms with Gasteiger partial charge in [0.1, 0.15) is 0 Å². The number of aromatic nitrogens is 3. The van der Waals surface area contributed by atoms with E-state index in [-0.39, 0.29) is 30.4 Å². The molecule has 0 spiro atoms. The number of nitrogens with zero attached hydrogens (tertiary/aromatic N) is 3. The third-order valence-corrected chi connectivity index (χ3v) is 4.91. The maximum absolute atomic E-state index is 13.0. The summed E-state index contributed by atoms with van der Waals surface area (Å²) < 4.78 is 50.7. The standard InChI is InChI=1S/C22H18F3N3O3/c1-30-20(29)10-9-15-12-28(18-8-3-2-7-17(15)18)13-19-26-21(31-27-19)14-5-4-6-16(11-14)22(23,24)25/h2-8,11-12H,9-10,13H2,1H3. The van der Waals surface area contributed by atoms with Crippen LogP contribution in [-0.2, 0) is 28.7 Å². The van der Waals surface area contributed by atoms with E-state index in [4.69, 9.17) is 9.26 Å². The number of carbonyl (C=O) groups excluding carboxylic acids is 1. The van der Waals surface area contributed by atoms with Gasteiger partial charge in [-0.2, -0.15) is 18.2 Å². The highest BCUT2D eigenvalue weighted by molar-refractivity contribution is 5.84. The molecule has 4 rings (SSSR count). The topological polar surface area (TPSA) is 70.2 Å². The van der Waals surface area contributed by atoms with E-state index in [2.05, 4.69) is 10.1 Å². The number of benzene rings is 2. The maximum Gasteiger partial charge on any atom is 0.416 e. The van der Waals surface area contributed by atoms with Crippen molar-refractivity contribution in [3.63, 3.8) is 0 Å². The summed E-state index contributed by atoms with van der Waals surface area (Å²) in [6.07, 6.45) is -1.77. The van der Waals surface area contributed by atoms with Crippen molar-refractivity contribution in [1.82, 2.24) is 14.7 Å². The number of halogens is 3. The van der Waals surface area contributed by atoms with Gasteiger partial charge in [-0.3, -0.25) is 4.79 Å². The van der Waals surface area contributed by atoms with Crippen LogP contribution in [0, 0.1) is 0 Å². The van der Waals surface area contributed by atoms with Gasteiger partial charge in [0, 0.05) is 29.1 Å². The van der Waals surface area contributed by atoms with Crippen molar-refractivity contribution in [3.8, 4) is 11.5 Å². The van der Waals surface area contributed by atoms with Gasteiger partial charge in [0.05, 0.1) is 19.2 Å². The molecule has 2 aromatic heterocycles. The Bertz CT molecular complexity index is 1230. The molecule has 0 bridgehead atoms. The van der Waals surface area contributed by atoms with Crippen LogP contribution in [0.3, 0.4) is 0 Å². The molecule has 2 aromatic carbocycles. The Hall–Kier alpha value is -3.62. The normalized spacial score (nSPS) is 11.7. The first kappa shape index (κ1) is 20.6. The fraction of sp³-hybridized carbons (Fsp3) is 0.227. The number of para-hydroxylation sites is 1. The van der Waals surface area contributed by atoms with Gasteiger partial charge in [-0.1, -0.05) is 29.4 Å². The Kier molecular flexibility index (Phi) is 5.50. The molecule has 0 aliphatic rings. The van der Waals surface area contributed by atoms with Crippen LogP contribution in [-0.4, -0.2) is 27.8 Å². The molecule has 0 unspecified atom stereocenters. The first-order valence-electron chi connectivity index (χ1n) is 9.49. The number of aryl methyl sites for hydroxylation is 1. The zero-order valence-electron chi connectivity index (χ0n) is 16.5. The number of carbonyl (C=O) groups is 1. The van der Waals surface area contributed by atoms with E-state index >= 15 is 0 Å². The quantitative estimate of drug-likeness (QED) is 0.409. The smallest absolute Gasteiger partial charge is 0.416 e. The van der Waals surface area contributed by atoms with Crippen LogP contribution in [0.25, 0.3) is 22.4 Å². The first-order valence-corrected chi connectivity index (χ1v) is 9.49. The summed E-state index contributed by atoms with van der Waals surface area (Å²) in [5.41, 5.74) is 1.32. The van der Waals surface area contributed by atoms with Crippen molar-refractivity contribution in [2.75, 3.05) is 7.11 Å². The van der Waals surface area contributed by atoms with Gasteiger partial charge in [0.2, 0.25) is 0 Å². The van der Waals surface area contributed by atoms with E-state index in [1.807, 2.05) is 35.0 Å². The number of esters is 1. The SMILES string of the molecule is COC(=O)CCc1cn(Cc2noc(-c3cccc(C(F)(F)F)c3)n2)c2ccccc12. The van der Waals surface area contributed by atoms with Gasteiger partial charge in [-0.15, -0.1) is 0 Å². The minimum atomic E-state index is -4.45. The number of hydrogen-bond acceptors (Lipinski definition) is 5. The Labute approximate surface area is 175 Å². The molecular formula is C22H18F3N3O3. The highest BCUT2D eigenvalue weighted by Crippen LogP contribution is 2.32. The second-order valence-corrected chi connectivity index (χ2v) is 6.97. The van der Waals surface area contributed by atoms with Crippen LogP contribution in [0.2, 0.25) is 0 Å². The van der Waals surface area contributed by atoms with Crippen molar-refractivity contribution in [3.05, 3.63) is 71.7 Å². The van der Waals surface area contributed by atoms with Crippen molar-refractivity contribution in [1.29, 1.82) is 0 Å². The van der Waals surface area contributed by atoms with E-state index in [9.17, 15) is 18.0 Å². The van der Waals surface area contributed by atoms with Crippen LogP contribution >= 0.6 is 0 Å². The van der Waals surface area contributed by atoms with E-state index in [1.54, 1.807) is 0 Å². The highest BCUT2D eigenvalue weighted by Gasteiger charge is 2.30. The lowest BCUT2D eigenvalue weighted by atomic mass is 10.1. The van der Waals surface area contributed by atoms with Gasteiger partial charge in [-0.25, -0.2) is 0 Å². The van der Waals surface area contributed by atoms with Crippen LogP contribution in [0.1, 0.15) is 23.4 Å². The second-order valence-electron chi connectivity index (χ2n) is 6.97. The lowest BCUT2D eigenvalue weighted by Gasteiger charge is -2.06. The Morgan fingerprint density at radius 1 is 1.16 bits per heavy atom. The van der Waals surface area contributed by atoms with Crippen molar-refractivity contribution in [2.45, 2.75) is 25.6 Å². The van der Waals surface area contributed by atoms with Crippen LogP contribution < -0.4 is 0 Å². The zero-order valence-corrected chi connectivity index (χ0v) is 16.5. The molecule has 0 saturated heterocycles. The summed E-state index contributed by atoms with van der Waals surface area (Å²) in [7, 11) is 1.35. The van der Waals surface area contributed by atoms with Crippen LogP contribution in [0.15, 0.2) is 59.3 Å². The van der Waals surface area contributed by atoms with Crippen LogP contribution in [0.5, 0.6) is 0 Å². The molecule has 2 heterocycles. The molecule has 0 fully saturated rings. The lowest BCUT2D eigenvalue weighted by molar-refractivity contribution is -0.140. The predicted molar refractivity (Wildman–Crippen MR) is 106 cm³/mol. The third kappa shape index (κ3) is 4.45. The number of ether oxygens (including phenoxy) is 1. The number of alkyl halides is 3. The molecule has 0 atom stereocenters. The summed E-state index contributed by atoms with van der Waals surface area (Å²) in [5.74, 6) is 0.0527. The molecule has 0 aliphatic heterocycles. The van der Waals surface area contributed by atoms with Gasteiger partial charge in [0.15, 0.2) is 5.82 Å². The minimum absolute atomic E-state index is 0.0171. The lowest BCUT2D eigenvalue weighted by Crippen LogP contribution is -2.04. The van der Waals surface area contributed by atoms with Gasteiger partial charge >= 0.3 is 12.1 Å². The van der Waals surface area contributed by atoms with Crippen molar-refractivity contribution < 1.29 is 27.2 Å². The summed E-state index contributed by atoms with van der Waals surface area (Å²) in [5, 5.41) is 4.91. The maximum atomic E-state index is 13.0. The molecule has 31 heavy (non-hydrogen) atoms. The minimum Gasteiger partial charge on any atom is -0.469 e. The summed E-state index contributed by atoms with van der Waals surface area (Å²) in [6, 6.07) is 12.5. The predicted octanol–water partition coefficient (Wildman–Crippen LogP) is 4.86. The average molecular weight is 429 g/mol. The molecule has 160 valence electrons. The monoisotopic (exact) mass is 429 g/mol. The molecule has 4 aromatic rings. The zero-order chi connectivity index (χ0) is 22.0. The highest BCUT2D eigenvalue weighted by atomic mass is 19.4. The van der Waals surface area contributed by atoms with Gasteiger partial charge in [0.25, 0.3) is 5.89 Å². The summed E-state index contributed by atoms with van der Waals surface area (Å²) >= 11 is 0. The number of hydrogen-bond donors (Lipinski definition) is 0. The molecule has 0 aliphatic carbocycles. The number of rotatable bonds is 6. The Morgan fingerprint density at radius 2 is 1.97 bits per heavy atom. The molecule has 0 radical (unpaired) electrons. The molecule has 6 nitrogen and oxygen atoms in total. The molecule has 0 amide bonds.